The number of aliphatic hydroxyl groups excluding tert-OH is 1. The molecule has 0 amide bonds. The van der Waals surface area contributed by atoms with Crippen molar-refractivity contribution in [1.82, 2.24) is 0 Å². The highest BCUT2D eigenvalue weighted by atomic mass is 32.2. The molecule has 0 radical (unpaired) electrons. The Hall–Kier alpha value is -3.65. The monoisotopic (exact) mass is 514 g/mol. The number of anilines is 3. The molecule has 190 valence electrons. The van der Waals surface area contributed by atoms with E-state index < -0.39 is 16.2 Å². The lowest BCUT2D eigenvalue weighted by Crippen LogP contribution is -2.37. The summed E-state index contributed by atoms with van der Waals surface area (Å²) < 4.78 is 32.9. The summed E-state index contributed by atoms with van der Waals surface area (Å²) in [5.41, 5.74) is 6.85. The molecule has 1 aliphatic heterocycles. The van der Waals surface area contributed by atoms with E-state index in [0.29, 0.717) is 5.56 Å². The summed E-state index contributed by atoms with van der Waals surface area (Å²) >= 11 is 0. The lowest BCUT2D eigenvalue weighted by atomic mass is 9.93. The maximum atomic E-state index is 11.7. The lowest BCUT2D eigenvalue weighted by Gasteiger charge is -2.35. The van der Waals surface area contributed by atoms with Crippen molar-refractivity contribution < 1.29 is 18.1 Å². The van der Waals surface area contributed by atoms with Crippen molar-refractivity contribution in [1.29, 1.82) is 0 Å². The molecule has 2 atom stereocenters. The van der Waals surface area contributed by atoms with Gasteiger partial charge >= 0.3 is 0 Å². The molecule has 0 saturated heterocycles. The van der Waals surface area contributed by atoms with Gasteiger partial charge in [0.25, 0.3) is 10.1 Å². The van der Waals surface area contributed by atoms with Gasteiger partial charge < -0.3 is 15.3 Å². The van der Waals surface area contributed by atoms with E-state index >= 15 is 0 Å². The van der Waals surface area contributed by atoms with E-state index in [0.717, 1.165) is 41.2 Å². The quantitative estimate of drug-likeness (QED) is 0.262. The van der Waals surface area contributed by atoms with Gasteiger partial charge in [-0.05, 0) is 78.1 Å². The number of benzene rings is 4. The van der Waals surface area contributed by atoms with Gasteiger partial charge in [0.2, 0.25) is 0 Å². The van der Waals surface area contributed by atoms with Crippen molar-refractivity contribution in [3.63, 3.8) is 0 Å². The molecule has 1 aliphatic rings. The average molecular weight is 515 g/mol. The van der Waals surface area contributed by atoms with Gasteiger partial charge in [-0.25, -0.2) is 0 Å². The molecule has 0 spiro atoms. The molecule has 4 aromatic carbocycles. The van der Waals surface area contributed by atoms with Crippen LogP contribution in [-0.2, 0) is 23.0 Å². The second-order valence-electron chi connectivity index (χ2n) is 9.47. The van der Waals surface area contributed by atoms with E-state index in [1.54, 1.807) is 6.07 Å². The van der Waals surface area contributed by atoms with Crippen LogP contribution in [0.25, 0.3) is 0 Å². The Morgan fingerprint density at radius 3 is 2.30 bits per heavy atom. The molecule has 0 bridgehead atoms. The number of rotatable bonds is 8. The average Bonchev–Trinajstić information content (AvgIpc) is 3.29. The molecule has 4 aromatic rings. The van der Waals surface area contributed by atoms with Crippen molar-refractivity contribution in [2.24, 2.45) is 0 Å². The van der Waals surface area contributed by atoms with E-state index in [4.69, 9.17) is 0 Å². The van der Waals surface area contributed by atoms with Crippen LogP contribution in [0.2, 0.25) is 0 Å². The highest BCUT2D eigenvalue weighted by Gasteiger charge is 2.33. The maximum Gasteiger partial charge on any atom is 0.294 e. The predicted octanol–water partition coefficient (Wildman–Crippen LogP) is 5.69. The first-order valence-corrected chi connectivity index (χ1v) is 13.8. The Kier molecular flexibility index (Phi) is 7.02. The SMILES string of the molecule is Cc1ccc(S(=O)(=O)O)cc1C[C@H](O)[C@H](c1ccccc1)N1CCc2cc(Nc3ccccc3)ccc21. The van der Waals surface area contributed by atoms with Gasteiger partial charge in [-0.3, -0.25) is 4.55 Å². The first-order chi connectivity index (χ1) is 17.8. The maximum absolute atomic E-state index is 11.7. The molecule has 3 N–H and O–H groups in total. The Bertz CT molecular complexity index is 1490. The standard InChI is InChI=1S/C30H30N2O4S/c1-21-12-14-27(37(34,35)36)19-24(21)20-29(33)30(22-8-4-2-5-9-22)32-17-16-23-18-26(13-15-28(23)32)31-25-10-6-3-7-11-25/h2-15,18-19,29-31,33H,16-17,20H2,1H3,(H,34,35,36)/t29-,30-/m0/s1. The first kappa shape index (κ1) is 25.0. The molecule has 0 fully saturated rings. The predicted molar refractivity (Wildman–Crippen MR) is 147 cm³/mol. The zero-order valence-electron chi connectivity index (χ0n) is 20.6. The van der Waals surface area contributed by atoms with Crippen LogP contribution in [0.3, 0.4) is 0 Å². The highest BCUT2D eigenvalue weighted by molar-refractivity contribution is 7.85. The van der Waals surface area contributed by atoms with Gasteiger partial charge in [0.1, 0.15) is 0 Å². The minimum Gasteiger partial charge on any atom is -0.390 e. The third kappa shape index (κ3) is 5.54. The van der Waals surface area contributed by atoms with Crippen LogP contribution in [0.5, 0.6) is 0 Å². The smallest absolute Gasteiger partial charge is 0.294 e. The molecular formula is C30H30N2O4S. The van der Waals surface area contributed by atoms with E-state index in [2.05, 4.69) is 28.4 Å². The van der Waals surface area contributed by atoms with Crippen LogP contribution in [0, 0.1) is 6.92 Å². The summed E-state index contributed by atoms with van der Waals surface area (Å²) in [5, 5.41) is 15.1. The number of nitrogens with one attached hydrogen (secondary N) is 1. The fraction of sp³-hybridized carbons (Fsp3) is 0.200. The Labute approximate surface area is 218 Å². The largest absolute Gasteiger partial charge is 0.390 e. The Morgan fingerprint density at radius 2 is 1.59 bits per heavy atom. The number of aliphatic hydroxyl groups is 1. The zero-order chi connectivity index (χ0) is 26.0. The van der Waals surface area contributed by atoms with E-state index in [-0.39, 0.29) is 17.4 Å². The van der Waals surface area contributed by atoms with Gasteiger partial charge in [0.05, 0.1) is 17.0 Å². The summed E-state index contributed by atoms with van der Waals surface area (Å²) in [6.07, 6.45) is 0.284. The van der Waals surface area contributed by atoms with Crippen LogP contribution in [-0.4, -0.2) is 30.7 Å². The second-order valence-corrected chi connectivity index (χ2v) is 10.9. The number of nitrogens with zero attached hydrogens (tertiary/aromatic N) is 1. The van der Waals surface area contributed by atoms with Crippen LogP contribution < -0.4 is 10.2 Å². The van der Waals surface area contributed by atoms with Crippen LogP contribution in [0.1, 0.15) is 28.3 Å². The Morgan fingerprint density at radius 1 is 0.892 bits per heavy atom. The van der Waals surface area contributed by atoms with Crippen molar-refractivity contribution in [2.75, 3.05) is 16.8 Å². The number of para-hydroxylation sites is 1. The third-order valence-electron chi connectivity index (χ3n) is 6.96. The van der Waals surface area contributed by atoms with Gasteiger partial charge in [-0.2, -0.15) is 8.42 Å². The van der Waals surface area contributed by atoms with E-state index in [1.165, 1.54) is 17.7 Å². The second kappa shape index (κ2) is 10.4. The normalized spacial score (nSPS) is 14.7. The minimum atomic E-state index is -4.33. The number of aryl methyl sites for hydroxylation is 1. The topological polar surface area (TPSA) is 89.9 Å². The van der Waals surface area contributed by atoms with E-state index in [1.807, 2.05) is 67.6 Å². The number of fused-ring (bicyclic) bond motifs is 1. The molecule has 1 heterocycles. The molecular weight excluding hydrogens is 484 g/mol. The summed E-state index contributed by atoms with van der Waals surface area (Å²) in [5.74, 6) is 0. The molecule has 6 nitrogen and oxygen atoms in total. The van der Waals surface area contributed by atoms with E-state index in [9.17, 15) is 18.1 Å². The van der Waals surface area contributed by atoms with Gasteiger partial charge in [0.15, 0.2) is 0 Å². The minimum absolute atomic E-state index is 0.165. The summed E-state index contributed by atoms with van der Waals surface area (Å²) in [7, 11) is -4.33. The van der Waals surface area contributed by atoms with Gasteiger partial charge in [-0.1, -0.05) is 54.6 Å². The van der Waals surface area contributed by atoms with Crippen molar-refractivity contribution in [2.45, 2.75) is 36.8 Å². The van der Waals surface area contributed by atoms with Crippen LogP contribution in [0.4, 0.5) is 17.1 Å². The van der Waals surface area contributed by atoms with Crippen molar-refractivity contribution >= 4 is 27.2 Å². The third-order valence-corrected chi connectivity index (χ3v) is 7.81. The molecule has 0 aromatic heterocycles. The zero-order valence-corrected chi connectivity index (χ0v) is 21.4. The summed E-state index contributed by atoms with van der Waals surface area (Å²) in [4.78, 5) is 2.07. The number of hydrogen-bond acceptors (Lipinski definition) is 5. The van der Waals surface area contributed by atoms with Crippen molar-refractivity contribution in [3.8, 4) is 0 Å². The van der Waals surface area contributed by atoms with Crippen LogP contribution in [0.15, 0.2) is 102 Å². The summed E-state index contributed by atoms with van der Waals surface area (Å²) in [6, 6.07) is 30.4. The lowest BCUT2D eigenvalue weighted by molar-refractivity contribution is 0.141. The molecule has 37 heavy (non-hydrogen) atoms. The van der Waals surface area contributed by atoms with Gasteiger partial charge in [-0.15, -0.1) is 0 Å². The van der Waals surface area contributed by atoms with Crippen molar-refractivity contribution in [3.05, 3.63) is 119 Å². The summed E-state index contributed by atoms with van der Waals surface area (Å²) in [6.45, 7) is 2.63. The van der Waals surface area contributed by atoms with Crippen LogP contribution >= 0.6 is 0 Å². The molecule has 7 heteroatoms. The fourth-order valence-corrected chi connectivity index (χ4v) is 5.64. The molecule has 0 unspecified atom stereocenters. The highest BCUT2D eigenvalue weighted by Crippen LogP contribution is 2.39. The first-order valence-electron chi connectivity index (χ1n) is 12.3. The fourth-order valence-electron chi connectivity index (χ4n) is 5.11. The number of hydrogen-bond donors (Lipinski definition) is 3. The molecule has 0 saturated carbocycles. The Balaban J connectivity index is 1.46. The molecule has 5 rings (SSSR count). The van der Waals surface area contributed by atoms with Gasteiger partial charge in [0, 0.05) is 30.0 Å². The molecule has 0 aliphatic carbocycles.